The molecule has 5 rings (SSSR count). The summed E-state index contributed by atoms with van der Waals surface area (Å²) in [6, 6.07) is 12.9. The Bertz CT molecular complexity index is 1180. The van der Waals surface area contributed by atoms with Gasteiger partial charge in [0, 0.05) is 54.6 Å². The molecule has 1 atom stereocenters. The van der Waals surface area contributed by atoms with Gasteiger partial charge in [-0.15, -0.1) is 0 Å². The molecule has 31 heavy (non-hydrogen) atoms. The highest BCUT2D eigenvalue weighted by molar-refractivity contribution is 6.04. The zero-order valence-corrected chi connectivity index (χ0v) is 17.4. The van der Waals surface area contributed by atoms with E-state index in [1.165, 1.54) is 0 Å². The Morgan fingerprint density at radius 2 is 1.97 bits per heavy atom. The van der Waals surface area contributed by atoms with Gasteiger partial charge in [-0.3, -0.25) is 4.79 Å². The number of nitriles is 1. The summed E-state index contributed by atoms with van der Waals surface area (Å²) in [4.78, 5) is 23.5. The highest BCUT2D eigenvalue weighted by Gasteiger charge is 2.30. The van der Waals surface area contributed by atoms with Gasteiger partial charge < -0.3 is 15.5 Å². The van der Waals surface area contributed by atoms with Gasteiger partial charge in [0.2, 0.25) is 5.91 Å². The van der Waals surface area contributed by atoms with Crippen LogP contribution in [0.5, 0.6) is 0 Å². The molecule has 1 aliphatic carbocycles. The van der Waals surface area contributed by atoms with E-state index in [-0.39, 0.29) is 11.8 Å². The second kappa shape index (κ2) is 7.88. The van der Waals surface area contributed by atoms with Crippen LogP contribution in [0.15, 0.2) is 42.7 Å². The number of rotatable bonds is 6. The molecule has 0 spiro atoms. The van der Waals surface area contributed by atoms with Crippen LogP contribution in [0.2, 0.25) is 0 Å². The molecule has 1 aromatic carbocycles. The van der Waals surface area contributed by atoms with Gasteiger partial charge in [-0.2, -0.15) is 5.26 Å². The van der Waals surface area contributed by atoms with E-state index < -0.39 is 0 Å². The van der Waals surface area contributed by atoms with E-state index in [0.717, 1.165) is 59.2 Å². The number of anilines is 3. The number of nitrogens with zero attached hydrogens (tertiary/aromatic N) is 4. The number of aromatic nitrogens is 2. The topological polar surface area (TPSA) is 93.9 Å². The summed E-state index contributed by atoms with van der Waals surface area (Å²) in [5.41, 5.74) is 3.17. The Morgan fingerprint density at radius 3 is 2.61 bits per heavy atom. The van der Waals surface area contributed by atoms with Crippen molar-refractivity contribution in [2.75, 3.05) is 29.1 Å². The highest BCUT2D eigenvalue weighted by Crippen LogP contribution is 2.35. The van der Waals surface area contributed by atoms with Crippen molar-refractivity contribution in [2.45, 2.75) is 31.7 Å². The maximum Gasteiger partial charge on any atom is 0.228 e. The van der Waals surface area contributed by atoms with E-state index in [1.807, 2.05) is 19.3 Å². The smallest absolute Gasteiger partial charge is 0.228 e. The molecule has 2 N–H and O–H groups in total. The molecule has 1 saturated carbocycles. The van der Waals surface area contributed by atoms with Crippen LogP contribution >= 0.6 is 0 Å². The molecule has 1 saturated heterocycles. The molecule has 2 fully saturated rings. The highest BCUT2D eigenvalue weighted by atomic mass is 16.2. The quantitative estimate of drug-likeness (QED) is 0.631. The van der Waals surface area contributed by atoms with Gasteiger partial charge >= 0.3 is 0 Å². The van der Waals surface area contributed by atoms with E-state index in [4.69, 9.17) is 5.26 Å². The first-order chi connectivity index (χ1) is 15.2. The number of benzene rings is 1. The van der Waals surface area contributed by atoms with Crippen molar-refractivity contribution in [1.29, 1.82) is 5.26 Å². The summed E-state index contributed by atoms with van der Waals surface area (Å²) in [6.45, 7) is 0.989. The summed E-state index contributed by atoms with van der Waals surface area (Å²) >= 11 is 0. The van der Waals surface area contributed by atoms with Crippen LogP contribution in [-0.4, -0.2) is 35.5 Å². The monoisotopic (exact) mass is 412 g/mol. The van der Waals surface area contributed by atoms with Gasteiger partial charge in [-0.25, -0.2) is 9.97 Å². The first kappa shape index (κ1) is 19.3. The predicted octanol–water partition coefficient (Wildman–Crippen LogP) is 4.18. The molecule has 1 aliphatic heterocycles. The molecule has 3 heterocycles. The number of carbonyl (C=O) groups is 1. The lowest BCUT2D eigenvalue weighted by Gasteiger charge is -2.41. The Labute approximate surface area is 181 Å². The average molecular weight is 412 g/mol. The van der Waals surface area contributed by atoms with E-state index in [0.29, 0.717) is 18.3 Å². The summed E-state index contributed by atoms with van der Waals surface area (Å²) in [7, 11) is 1.84. The second-order valence-corrected chi connectivity index (χ2v) is 8.19. The van der Waals surface area contributed by atoms with Crippen LogP contribution in [0.3, 0.4) is 0 Å². The molecule has 1 unspecified atom stereocenters. The maximum absolute atomic E-state index is 12.2. The van der Waals surface area contributed by atoms with Gasteiger partial charge in [-0.1, -0.05) is 12.1 Å². The van der Waals surface area contributed by atoms with Crippen molar-refractivity contribution in [3.63, 3.8) is 0 Å². The summed E-state index contributed by atoms with van der Waals surface area (Å²) in [5, 5.41) is 17.0. The van der Waals surface area contributed by atoms with Crippen LogP contribution in [0.4, 0.5) is 17.3 Å². The van der Waals surface area contributed by atoms with Crippen LogP contribution in [0, 0.1) is 17.2 Å². The Hall–Kier alpha value is -3.66. The zero-order chi connectivity index (χ0) is 21.4. The van der Waals surface area contributed by atoms with Gasteiger partial charge in [0.25, 0.3) is 0 Å². The minimum absolute atomic E-state index is 0.0436. The summed E-state index contributed by atoms with van der Waals surface area (Å²) in [6.07, 6.45) is 7.16. The molecular weight excluding hydrogens is 388 g/mol. The van der Waals surface area contributed by atoms with Crippen LogP contribution in [-0.2, 0) is 4.79 Å². The zero-order valence-electron chi connectivity index (χ0n) is 17.4. The average Bonchev–Trinajstić information content (AvgIpc) is 3.62. The number of fused-ring (bicyclic) bond motifs is 1. The number of carbonyl (C=O) groups excluding carboxylic acids is 1. The molecule has 3 aromatic rings. The third-order valence-corrected chi connectivity index (χ3v) is 6.19. The Kier molecular flexibility index (Phi) is 4.91. The fourth-order valence-electron chi connectivity index (χ4n) is 4.14. The third-order valence-electron chi connectivity index (χ3n) is 6.19. The second-order valence-electron chi connectivity index (χ2n) is 8.19. The molecule has 0 bridgehead atoms. The first-order valence-corrected chi connectivity index (χ1v) is 10.7. The van der Waals surface area contributed by atoms with Gasteiger partial charge in [0.1, 0.15) is 11.6 Å². The molecule has 7 heteroatoms. The first-order valence-electron chi connectivity index (χ1n) is 10.7. The largest absolute Gasteiger partial charge is 0.373 e. The van der Waals surface area contributed by atoms with Crippen LogP contribution < -0.4 is 15.5 Å². The minimum atomic E-state index is 0.0436. The van der Waals surface area contributed by atoms with Crippen LogP contribution in [0.25, 0.3) is 21.9 Å². The standard InChI is InChI=1S/C24H24N6O/c1-26-23-21-14-27-22(29-24(31)16-2-3-16)12-19(21)20(13-28-23)15-4-6-17(7-5-15)30-11-9-18(30)8-10-25/h4-7,12-14,16,18H,2-3,8-9,11H2,1H3,(H,26,28)(H,27,29,31). The predicted molar refractivity (Wildman–Crippen MR) is 122 cm³/mol. The maximum atomic E-state index is 12.2. The van der Waals surface area contributed by atoms with E-state index in [9.17, 15) is 4.79 Å². The third kappa shape index (κ3) is 3.66. The molecular formula is C24H24N6O. The lowest BCUT2D eigenvalue weighted by Crippen LogP contribution is -2.47. The Morgan fingerprint density at radius 1 is 1.16 bits per heavy atom. The fourth-order valence-corrected chi connectivity index (χ4v) is 4.14. The Balaban J connectivity index is 1.49. The molecule has 1 amide bonds. The van der Waals surface area contributed by atoms with Crippen molar-refractivity contribution in [1.82, 2.24) is 9.97 Å². The van der Waals surface area contributed by atoms with Crippen LogP contribution in [0.1, 0.15) is 25.7 Å². The number of nitrogens with one attached hydrogen (secondary N) is 2. The van der Waals surface area contributed by atoms with E-state index >= 15 is 0 Å². The lowest BCUT2D eigenvalue weighted by atomic mass is 9.97. The molecule has 0 radical (unpaired) electrons. The molecule has 7 nitrogen and oxygen atoms in total. The van der Waals surface area contributed by atoms with Gasteiger partial charge in [0.05, 0.1) is 12.5 Å². The van der Waals surface area contributed by atoms with Crippen molar-refractivity contribution in [3.05, 3.63) is 42.7 Å². The summed E-state index contributed by atoms with van der Waals surface area (Å²) in [5.74, 6) is 1.49. The number of hydrogen-bond acceptors (Lipinski definition) is 6. The number of amides is 1. The number of pyridine rings is 2. The van der Waals surface area contributed by atoms with Crippen molar-refractivity contribution >= 4 is 34.0 Å². The SMILES string of the molecule is CNc1ncc(-c2ccc(N3CCC3CC#N)cc2)c2cc(NC(=O)C3CC3)ncc12. The number of hydrogen-bond donors (Lipinski definition) is 2. The lowest BCUT2D eigenvalue weighted by molar-refractivity contribution is -0.117. The molecule has 156 valence electrons. The van der Waals surface area contributed by atoms with Crippen molar-refractivity contribution in [3.8, 4) is 17.2 Å². The van der Waals surface area contributed by atoms with Gasteiger partial charge in [0.15, 0.2) is 0 Å². The summed E-state index contributed by atoms with van der Waals surface area (Å²) < 4.78 is 0. The van der Waals surface area contributed by atoms with Crippen molar-refractivity contribution < 1.29 is 4.79 Å². The molecule has 2 aliphatic rings. The van der Waals surface area contributed by atoms with E-state index in [1.54, 1.807) is 6.20 Å². The minimum Gasteiger partial charge on any atom is -0.373 e. The normalized spacial score (nSPS) is 17.7. The molecule has 2 aromatic heterocycles. The van der Waals surface area contributed by atoms with Crippen molar-refractivity contribution in [2.24, 2.45) is 5.92 Å². The van der Waals surface area contributed by atoms with Gasteiger partial charge in [-0.05, 0) is 48.4 Å². The fraction of sp³-hybridized carbons (Fsp3) is 0.333. The van der Waals surface area contributed by atoms with E-state index in [2.05, 4.69) is 55.8 Å².